The Morgan fingerprint density at radius 1 is 1.13 bits per heavy atom. The van der Waals surface area contributed by atoms with Gasteiger partial charge in [-0.2, -0.15) is 18.3 Å². The number of hydrogen-bond donors (Lipinski definition) is 1. The van der Waals surface area contributed by atoms with Crippen LogP contribution in [0.2, 0.25) is 5.02 Å². The Hall–Kier alpha value is -3.04. The van der Waals surface area contributed by atoms with Gasteiger partial charge in [0.15, 0.2) is 0 Å². The molecule has 10 heteroatoms. The lowest BCUT2D eigenvalue weighted by Crippen LogP contribution is -2.15. The van der Waals surface area contributed by atoms with Crippen LogP contribution in [0.3, 0.4) is 0 Å². The molecule has 2 aromatic heterocycles. The van der Waals surface area contributed by atoms with E-state index in [1.54, 1.807) is 16.9 Å². The van der Waals surface area contributed by atoms with Crippen molar-refractivity contribution in [3.63, 3.8) is 0 Å². The Bertz CT molecular complexity index is 1240. The molecule has 0 unspecified atom stereocenters. The van der Waals surface area contributed by atoms with E-state index in [0.717, 1.165) is 28.9 Å². The molecule has 0 aliphatic heterocycles. The summed E-state index contributed by atoms with van der Waals surface area (Å²) in [4.78, 5) is 16.6. The Morgan fingerprint density at radius 2 is 1.90 bits per heavy atom. The number of hydrogen-bond acceptors (Lipinski definition) is 4. The molecular weight excluding hydrogens is 449 g/mol. The first-order valence-corrected chi connectivity index (χ1v) is 10.4. The average Bonchev–Trinajstić information content (AvgIpc) is 3.18. The Morgan fingerprint density at radius 3 is 2.65 bits per heavy atom. The quantitative estimate of drug-likeness (QED) is 0.381. The maximum Gasteiger partial charge on any atom is 0.417 e. The number of carbonyl (C=O) groups excluding carboxylic acids is 1. The number of benzene rings is 2. The molecule has 1 N–H and O–H groups in total. The second-order valence-corrected chi connectivity index (χ2v) is 7.86. The Labute approximate surface area is 184 Å². The van der Waals surface area contributed by atoms with Crippen molar-refractivity contribution < 1.29 is 18.0 Å². The number of rotatable bonds is 5. The van der Waals surface area contributed by atoms with E-state index in [-0.39, 0.29) is 11.4 Å². The van der Waals surface area contributed by atoms with Crippen molar-refractivity contribution in [1.29, 1.82) is 0 Å². The van der Waals surface area contributed by atoms with Crippen molar-refractivity contribution in [1.82, 2.24) is 14.6 Å². The van der Waals surface area contributed by atoms with Crippen molar-refractivity contribution in [2.45, 2.75) is 11.2 Å². The number of halogens is 4. The molecule has 0 radical (unpaired) electrons. The van der Waals surface area contributed by atoms with E-state index in [1.165, 1.54) is 17.8 Å². The SMILES string of the molecule is O=C(CSc1nccn2nc(-c3ccccc3)cc12)Nc1ccc(Cl)c(C(F)(F)F)c1. The zero-order valence-electron chi connectivity index (χ0n) is 15.7. The standard InChI is InChI=1S/C21H14ClF3N4OS/c22-16-7-6-14(10-15(16)21(23,24)25)27-19(30)12-31-20-18-11-17(13-4-2-1-3-5-13)28-29(18)9-8-26-20/h1-11H,12H2,(H,27,30). The highest BCUT2D eigenvalue weighted by Gasteiger charge is 2.33. The first-order chi connectivity index (χ1) is 14.8. The molecule has 4 rings (SSSR count). The van der Waals surface area contributed by atoms with Gasteiger partial charge in [0.05, 0.1) is 27.5 Å². The van der Waals surface area contributed by atoms with Crippen LogP contribution in [-0.2, 0) is 11.0 Å². The summed E-state index contributed by atoms with van der Waals surface area (Å²) in [5.41, 5.74) is 1.46. The van der Waals surface area contributed by atoms with Gasteiger partial charge in [-0.25, -0.2) is 9.50 Å². The van der Waals surface area contributed by atoms with Crippen LogP contribution in [0.4, 0.5) is 18.9 Å². The summed E-state index contributed by atoms with van der Waals surface area (Å²) in [6.45, 7) is 0. The summed E-state index contributed by atoms with van der Waals surface area (Å²) in [5, 5.41) is 7.14. The minimum absolute atomic E-state index is 0.0178. The van der Waals surface area contributed by atoms with E-state index in [1.807, 2.05) is 36.4 Å². The molecule has 0 saturated carbocycles. The number of nitrogens with zero attached hydrogens (tertiary/aromatic N) is 3. The number of carbonyl (C=O) groups is 1. The normalized spacial score (nSPS) is 11.6. The van der Waals surface area contributed by atoms with E-state index in [9.17, 15) is 18.0 Å². The highest BCUT2D eigenvalue weighted by molar-refractivity contribution is 8.00. The maximum atomic E-state index is 13.0. The van der Waals surface area contributed by atoms with E-state index in [0.29, 0.717) is 5.03 Å². The van der Waals surface area contributed by atoms with Gasteiger partial charge >= 0.3 is 6.18 Å². The highest BCUT2D eigenvalue weighted by atomic mass is 35.5. The van der Waals surface area contributed by atoms with Gasteiger partial charge in [-0.15, -0.1) is 0 Å². The number of alkyl halides is 3. The minimum Gasteiger partial charge on any atom is -0.325 e. The number of thioether (sulfide) groups is 1. The molecule has 0 spiro atoms. The van der Waals surface area contributed by atoms with Gasteiger partial charge in [-0.1, -0.05) is 53.7 Å². The van der Waals surface area contributed by atoms with Gasteiger partial charge in [-0.05, 0) is 24.3 Å². The summed E-state index contributed by atoms with van der Waals surface area (Å²) in [6.07, 6.45) is -1.33. The smallest absolute Gasteiger partial charge is 0.325 e. The molecule has 0 aliphatic rings. The van der Waals surface area contributed by atoms with E-state index < -0.39 is 22.7 Å². The third kappa shape index (κ3) is 4.83. The van der Waals surface area contributed by atoms with E-state index in [4.69, 9.17) is 11.6 Å². The zero-order valence-corrected chi connectivity index (χ0v) is 17.3. The van der Waals surface area contributed by atoms with Crippen molar-refractivity contribution in [3.8, 4) is 11.3 Å². The Kier molecular flexibility index (Phi) is 5.88. The van der Waals surface area contributed by atoms with Crippen LogP contribution in [0.15, 0.2) is 72.0 Å². The summed E-state index contributed by atoms with van der Waals surface area (Å²) in [5.74, 6) is -0.505. The lowest BCUT2D eigenvalue weighted by Gasteiger charge is -2.11. The van der Waals surface area contributed by atoms with E-state index in [2.05, 4.69) is 15.4 Å². The van der Waals surface area contributed by atoms with Crippen LogP contribution in [0, 0.1) is 0 Å². The predicted molar refractivity (Wildman–Crippen MR) is 114 cm³/mol. The zero-order chi connectivity index (χ0) is 22.0. The topological polar surface area (TPSA) is 59.3 Å². The summed E-state index contributed by atoms with van der Waals surface area (Å²) < 4.78 is 40.6. The van der Waals surface area contributed by atoms with Crippen LogP contribution in [0.1, 0.15) is 5.56 Å². The maximum absolute atomic E-state index is 13.0. The van der Waals surface area contributed by atoms with Crippen molar-refractivity contribution in [3.05, 3.63) is 77.6 Å². The molecule has 0 fully saturated rings. The summed E-state index contributed by atoms with van der Waals surface area (Å²) >= 11 is 6.77. The summed E-state index contributed by atoms with van der Waals surface area (Å²) in [7, 11) is 0. The predicted octanol–water partition coefficient (Wildman–Crippen LogP) is 5.80. The van der Waals surface area contributed by atoms with Gasteiger partial charge in [-0.3, -0.25) is 4.79 Å². The largest absolute Gasteiger partial charge is 0.417 e. The molecule has 0 atom stereocenters. The molecule has 4 aromatic rings. The monoisotopic (exact) mass is 462 g/mol. The third-order valence-electron chi connectivity index (χ3n) is 4.32. The van der Waals surface area contributed by atoms with Crippen LogP contribution in [0.5, 0.6) is 0 Å². The van der Waals surface area contributed by atoms with Gasteiger partial charge in [0.25, 0.3) is 0 Å². The first-order valence-electron chi connectivity index (χ1n) is 9.00. The number of anilines is 1. The molecule has 0 aliphatic carbocycles. The number of fused-ring (bicyclic) bond motifs is 1. The van der Waals surface area contributed by atoms with Crippen LogP contribution in [-0.4, -0.2) is 26.3 Å². The number of amides is 1. The lowest BCUT2D eigenvalue weighted by molar-refractivity contribution is -0.137. The molecule has 1 amide bonds. The molecule has 5 nitrogen and oxygen atoms in total. The van der Waals surface area contributed by atoms with Gasteiger partial charge in [0.2, 0.25) is 5.91 Å². The van der Waals surface area contributed by atoms with Crippen LogP contribution in [0.25, 0.3) is 16.8 Å². The average molecular weight is 463 g/mol. The molecular formula is C21H14ClF3N4OS. The third-order valence-corrected chi connectivity index (χ3v) is 5.64. The number of aromatic nitrogens is 3. The molecule has 158 valence electrons. The van der Waals surface area contributed by atoms with Crippen molar-refractivity contribution >= 4 is 40.5 Å². The van der Waals surface area contributed by atoms with Gasteiger partial charge in [0, 0.05) is 23.6 Å². The molecule has 0 saturated heterocycles. The second-order valence-electron chi connectivity index (χ2n) is 6.49. The fraction of sp³-hybridized carbons (Fsp3) is 0.0952. The van der Waals surface area contributed by atoms with Crippen molar-refractivity contribution in [2.24, 2.45) is 0 Å². The fourth-order valence-electron chi connectivity index (χ4n) is 2.91. The lowest BCUT2D eigenvalue weighted by atomic mass is 10.1. The number of nitrogens with one attached hydrogen (secondary N) is 1. The van der Waals surface area contributed by atoms with Gasteiger partial charge < -0.3 is 5.32 Å². The molecule has 2 heterocycles. The molecule has 31 heavy (non-hydrogen) atoms. The van der Waals surface area contributed by atoms with Crippen LogP contribution >= 0.6 is 23.4 Å². The first kappa shape index (κ1) is 21.2. The summed E-state index contributed by atoms with van der Waals surface area (Å²) in [6, 6.07) is 14.7. The van der Waals surface area contributed by atoms with Gasteiger partial charge in [0.1, 0.15) is 5.03 Å². The molecule has 0 bridgehead atoms. The van der Waals surface area contributed by atoms with E-state index >= 15 is 0 Å². The molecule has 2 aromatic carbocycles. The second kappa shape index (κ2) is 8.60. The van der Waals surface area contributed by atoms with Crippen molar-refractivity contribution in [2.75, 3.05) is 11.1 Å². The highest BCUT2D eigenvalue weighted by Crippen LogP contribution is 2.36. The van der Waals surface area contributed by atoms with Crippen LogP contribution < -0.4 is 5.32 Å². The Balaban J connectivity index is 1.48. The minimum atomic E-state index is -4.61. The fourth-order valence-corrected chi connectivity index (χ4v) is 3.91.